The van der Waals surface area contributed by atoms with Crippen molar-refractivity contribution >= 4 is 11.8 Å². The molecule has 0 bridgehead atoms. The second-order valence-electron chi connectivity index (χ2n) is 10.3. The van der Waals surface area contributed by atoms with Crippen molar-refractivity contribution in [1.82, 2.24) is 0 Å². The van der Waals surface area contributed by atoms with Gasteiger partial charge in [-0.15, -0.1) is 0 Å². The lowest BCUT2D eigenvalue weighted by Crippen LogP contribution is -2.69. The van der Waals surface area contributed by atoms with Crippen LogP contribution in [0.3, 0.4) is 0 Å². The fourth-order valence-electron chi connectivity index (χ4n) is 7.49. The summed E-state index contributed by atoms with van der Waals surface area (Å²) in [7, 11) is 1.74. The molecule has 0 saturated heterocycles. The molecule has 162 valence electrons. The zero-order valence-corrected chi connectivity index (χ0v) is 18.3. The molecule has 3 saturated carbocycles. The Morgan fingerprint density at radius 1 is 1.17 bits per heavy atom. The Kier molecular flexibility index (Phi) is 5.22. The van der Waals surface area contributed by atoms with Gasteiger partial charge in [0.05, 0.1) is 11.2 Å². The van der Waals surface area contributed by atoms with Crippen LogP contribution in [0.1, 0.15) is 78.6 Å². The third kappa shape index (κ3) is 3.11. The van der Waals surface area contributed by atoms with E-state index in [0.717, 1.165) is 44.9 Å². The average Bonchev–Trinajstić information content (AvgIpc) is 2.67. The molecule has 4 rings (SSSR count). The lowest BCUT2D eigenvalue weighted by molar-refractivity contribution is -0.271. The first-order valence-electron chi connectivity index (χ1n) is 11.3. The lowest BCUT2D eigenvalue weighted by atomic mass is 9.44. The maximum atomic E-state index is 12.2. The van der Waals surface area contributed by atoms with Gasteiger partial charge >= 0.3 is 5.97 Å². The van der Waals surface area contributed by atoms with Crippen molar-refractivity contribution in [2.75, 3.05) is 7.11 Å². The monoisotopic (exact) mass is 404 g/mol. The summed E-state index contributed by atoms with van der Waals surface area (Å²) in [6.45, 7) is 5.73. The van der Waals surface area contributed by atoms with Crippen molar-refractivity contribution in [3.63, 3.8) is 0 Å². The number of allylic oxidation sites excluding steroid dienone is 2. The van der Waals surface area contributed by atoms with Gasteiger partial charge in [0, 0.05) is 20.5 Å². The van der Waals surface area contributed by atoms with E-state index in [2.05, 4.69) is 6.92 Å². The Morgan fingerprint density at radius 3 is 2.62 bits per heavy atom. The van der Waals surface area contributed by atoms with E-state index in [9.17, 15) is 14.7 Å². The number of aliphatic hydroxyl groups is 1. The zero-order valence-electron chi connectivity index (χ0n) is 18.3. The molecular weight excluding hydrogens is 368 g/mol. The van der Waals surface area contributed by atoms with Gasteiger partial charge < -0.3 is 14.6 Å². The van der Waals surface area contributed by atoms with Crippen LogP contribution in [-0.2, 0) is 19.1 Å². The van der Waals surface area contributed by atoms with Crippen LogP contribution in [0.4, 0.5) is 0 Å². The van der Waals surface area contributed by atoms with Crippen LogP contribution < -0.4 is 0 Å². The third-order valence-corrected chi connectivity index (χ3v) is 9.14. The Labute approximate surface area is 174 Å². The van der Waals surface area contributed by atoms with Crippen molar-refractivity contribution in [2.45, 2.75) is 95.9 Å². The van der Waals surface area contributed by atoms with Crippen molar-refractivity contribution in [3.05, 3.63) is 11.6 Å². The Balaban J connectivity index is 1.63. The molecule has 5 nitrogen and oxygen atoms in total. The maximum absolute atomic E-state index is 12.2. The molecule has 0 amide bonds. The van der Waals surface area contributed by atoms with Gasteiger partial charge in [0.15, 0.2) is 5.78 Å². The van der Waals surface area contributed by atoms with Gasteiger partial charge in [-0.1, -0.05) is 12.5 Å². The number of hydrogen-bond acceptors (Lipinski definition) is 5. The summed E-state index contributed by atoms with van der Waals surface area (Å²) in [5, 5.41) is 12.2. The van der Waals surface area contributed by atoms with E-state index in [-0.39, 0.29) is 35.1 Å². The highest BCUT2D eigenvalue weighted by Gasteiger charge is 2.66. The highest BCUT2D eigenvalue weighted by molar-refractivity contribution is 5.91. The van der Waals surface area contributed by atoms with E-state index in [4.69, 9.17) is 9.47 Å². The van der Waals surface area contributed by atoms with Crippen LogP contribution in [0.2, 0.25) is 0 Å². The summed E-state index contributed by atoms with van der Waals surface area (Å²) in [5.74, 6) is 0.803. The fraction of sp³-hybridized carbons (Fsp3) is 0.833. The molecular formula is C24H36O5. The highest BCUT2D eigenvalue weighted by atomic mass is 16.5. The number of methoxy groups -OCH3 is 1. The van der Waals surface area contributed by atoms with Gasteiger partial charge in [0.25, 0.3) is 0 Å². The average molecular weight is 405 g/mol. The second kappa shape index (κ2) is 7.19. The standard InChI is InChI=1S/C24H36O5/c1-15(29-16(2)25)17-7-12-24(27)21-6-5-18-13-19(26)8-10-22(18,3)20(21)9-11-23(24,14-17)28-4/h13,15,17,20-21,27H,5-12,14H2,1-4H3/t15-,17+,20+,21-,22+,23+,24-/m1/s1. The molecule has 0 unspecified atom stereocenters. The fourth-order valence-corrected chi connectivity index (χ4v) is 7.49. The number of rotatable bonds is 3. The van der Waals surface area contributed by atoms with Gasteiger partial charge in [-0.3, -0.25) is 9.59 Å². The molecule has 0 aliphatic heterocycles. The molecule has 0 radical (unpaired) electrons. The molecule has 0 aromatic heterocycles. The predicted octanol–water partition coefficient (Wildman–Crippen LogP) is 3.97. The summed E-state index contributed by atoms with van der Waals surface area (Å²) in [6, 6.07) is 0. The van der Waals surface area contributed by atoms with Crippen LogP contribution in [0.15, 0.2) is 11.6 Å². The summed E-state index contributed by atoms with van der Waals surface area (Å²) < 4.78 is 11.6. The van der Waals surface area contributed by atoms with Crippen molar-refractivity contribution in [2.24, 2.45) is 23.2 Å². The minimum absolute atomic E-state index is 0.0222. The van der Waals surface area contributed by atoms with E-state index in [1.807, 2.05) is 13.0 Å². The zero-order chi connectivity index (χ0) is 21.0. The second-order valence-corrected chi connectivity index (χ2v) is 10.3. The summed E-state index contributed by atoms with van der Waals surface area (Å²) in [4.78, 5) is 23.4. The molecule has 0 spiro atoms. The number of ether oxygens (including phenoxy) is 2. The molecule has 4 aliphatic rings. The van der Waals surface area contributed by atoms with E-state index < -0.39 is 11.2 Å². The van der Waals surface area contributed by atoms with Gasteiger partial charge in [-0.2, -0.15) is 0 Å². The third-order valence-electron chi connectivity index (χ3n) is 9.14. The molecule has 29 heavy (non-hydrogen) atoms. The summed E-state index contributed by atoms with van der Waals surface area (Å²) in [5.41, 5.74) is -0.102. The molecule has 0 heterocycles. The molecule has 7 atom stereocenters. The number of carbonyl (C=O) groups is 2. The molecule has 4 aliphatic carbocycles. The van der Waals surface area contributed by atoms with Crippen molar-refractivity contribution in [1.29, 1.82) is 0 Å². The lowest BCUT2D eigenvalue weighted by Gasteiger charge is -2.64. The Bertz CT molecular complexity index is 729. The SMILES string of the molecule is CO[C@]12CC[C@H]3[C@@H](CCC4=CC(=O)CC[C@@]43C)[C@]1(O)CC[C@H]([C@@H](C)OC(C)=O)C2. The van der Waals surface area contributed by atoms with Crippen LogP contribution in [0, 0.1) is 23.2 Å². The topological polar surface area (TPSA) is 72.8 Å². The van der Waals surface area contributed by atoms with Crippen molar-refractivity contribution < 1.29 is 24.2 Å². The minimum atomic E-state index is -0.854. The number of hydrogen-bond donors (Lipinski definition) is 1. The molecule has 1 N–H and O–H groups in total. The van der Waals surface area contributed by atoms with Crippen LogP contribution in [0.25, 0.3) is 0 Å². The van der Waals surface area contributed by atoms with E-state index in [1.165, 1.54) is 12.5 Å². The number of ketones is 1. The summed E-state index contributed by atoms with van der Waals surface area (Å²) in [6.07, 6.45) is 9.19. The first-order chi connectivity index (χ1) is 13.6. The molecule has 3 fully saturated rings. The van der Waals surface area contributed by atoms with Crippen LogP contribution in [-0.4, -0.2) is 41.3 Å². The Hall–Kier alpha value is -1.20. The predicted molar refractivity (Wildman–Crippen MR) is 109 cm³/mol. The molecule has 0 aromatic carbocycles. The highest BCUT2D eigenvalue weighted by Crippen LogP contribution is 2.64. The summed E-state index contributed by atoms with van der Waals surface area (Å²) >= 11 is 0. The Morgan fingerprint density at radius 2 is 1.93 bits per heavy atom. The maximum Gasteiger partial charge on any atom is 0.302 e. The van der Waals surface area contributed by atoms with Crippen LogP contribution >= 0.6 is 0 Å². The van der Waals surface area contributed by atoms with Crippen LogP contribution in [0.5, 0.6) is 0 Å². The molecule has 0 aromatic rings. The number of carbonyl (C=O) groups excluding carboxylic acids is 2. The first kappa shape index (κ1) is 21.0. The first-order valence-corrected chi connectivity index (χ1v) is 11.3. The number of esters is 1. The van der Waals surface area contributed by atoms with E-state index in [1.54, 1.807) is 7.11 Å². The molecule has 5 heteroatoms. The number of fused-ring (bicyclic) bond motifs is 5. The van der Waals surface area contributed by atoms with E-state index in [0.29, 0.717) is 18.8 Å². The van der Waals surface area contributed by atoms with Gasteiger partial charge in [0.2, 0.25) is 0 Å². The minimum Gasteiger partial charge on any atom is -0.463 e. The normalized spacial score (nSPS) is 45.3. The smallest absolute Gasteiger partial charge is 0.302 e. The van der Waals surface area contributed by atoms with Gasteiger partial charge in [-0.25, -0.2) is 0 Å². The van der Waals surface area contributed by atoms with Crippen molar-refractivity contribution in [3.8, 4) is 0 Å². The van der Waals surface area contributed by atoms with Gasteiger partial charge in [-0.05, 0) is 87.5 Å². The quantitative estimate of drug-likeness (QED) is 0.721. The van der Waals surface area contributed by atoms with E-state index >= 15 is 0 Å². The largest absolute Gasteiger partial charge is 0.463 e. The van der Waals surface area contributed by atoms with Gasteiger partial charge in [0.1, 0.15) is 6.10 Å².